The minimum absolute atomic E-state index is 0.0194. The second-order valence-electron chi connectivity index (χ2n) is 3.58. The molecule has 1 rings (SSSR count). The van der Waals surface area contributed by atoms with Crippen LogP contribution in [0.1, 0.15) is 13.3 Å². The molecule has 1 amide bonds. The summed E-state index contributed by atoms with van der Waals surface area (Å²) in [7, 11) is 0. The van der Waals surface area contributed by atoms with E-state index in [0.29, 0.717) is 19.0 Å². The molecule has 3 N–H and O–H groups in total. The maximum absolute atomic E-state index is 11.3. The molecule has 0 bridgehead atoms. The fourth-order valence-corrected chi connectivity index (χ4v) is 2.26. The molecule has 0 aromatic carbocycles. The minimum atomic E-state index is -0.465. The summed E-state index contributed by atoms with van der Waals surface area (Å²) in [4.78, 5) is 11.3. The first kappa shape index (κ1) is 11.8. The summed E-state index contributed by atoms with van der Waals surface area (Å²) in [6.07, 6.45) is 0.0485. The highest BCUT2D eigenvalue weighted by Crippen LogP contribution is 2.09. The molecule has 1 aliphatic rings. The third-order valence-electron chi connectivity index (χ3n) is 2.02. The van der Waals surface area contributed by atoms with Crippen LogP contribution in [0.25, 0.3) is 0 Å². The molecule has 4 nitrogen and oxygen atoms in total. The van der Waals surface area contributed by atoms with E-state index in [0.717, 1.165) is 18.1 Å². The van der Waals surface area contributed by atoms with Crippen molar-refractivity contribution in [3.8, 4) is 0 Å². The van der Waals surface area contributed by atoms with Crippen LogP contribution in [0.3, 0.4) is 0 Å². The van der Waals surface area contributed by atoms with Gasteiger partial charge in [-0.05, 0) is 6.92 Å². The predicted molar refractivity (Wildman–Crippen MR) is 58.4 cm³/mol. The number of rotatable bonds is 4. The number of thioether (sulfide) groups is 1. The molecule has 2 atom stereocenters. The van der Waals surface area contributed by atoms with Crippen molar-refractivity contribution < 1.29 is 9.90 Å². The van der Waals surface area contributed by atoms with Gasteiger partial charge in [0, 0.05) is 37.1 Å². The summed E-state index contributed by atoms with van der Waals surface area (Å²) < 4.78 is 0. The van der Waals surface area contributed by atoms with Crippen LogP contribution in [0.2, 0.25) is 0 Å². The lowest BCUT2D eigenvalue weighted by Crippen LogP contribution is -2.42. The SMILES string of the molecule is C[C@H](O)CNC(=O)CC1CSCCN1. The number of carbonyl (C=O) groups excluding carboxylic acids is 1. The van der Waals surface area contributed by atoms with E-state index in [9.17, 15) is 4.79 Å². The van der Waals surface area contributed by atoms with Crippen LogP contribution < -0.4 is 10.6 Å². The lowest BCUT2D eigenvalue weighted by molar-refractivity contribution is -0.121. The second kappa shape index (κ2) is 6.27. The molecule has 0 spiro atoms. The van der Waals surface area contributed by atoms with Crippen molar-refractivity contribution in [2.24, 2.45) is 0 Å². The van der Waals surface area contributed by atoms with E-state index in [1.54, 1.807) is 6.92 Å². The molecule has 1 heterocycles. The van der Waals surface area contributed by atoms with Crippen LogP contribution in [0.4, 0.5) is 0 Å². The van der Waals surface area contributed by atoms with Crippen molar-refractivity contribution in [2.75, 3.05) is 24.6 Å². The Bertz CT molecular complexity index is 182. The van der Waals surface area contributed by atoms with Crippen molar-refractivity contribution in [1.29, 1.82) is 0 Å². The maximum Gasteiger partial charge on any atom is 0.221 e. The summed E-state index contributed by atoms with van der Waals surface area (Å²) in [5, 5.41) is 15.0. The van der Waals surface area contributed by atoms with Gasteiger partial charge >= 0.3 is 0 Å². The van der Waals surface area contributed by atoms with E-state index in [-0.39, 0.29) is 5.91 Å². The summed E-state index contributed by atoms with van der Waals surface area (Å²) in [6, 6.07) is 0.294. The van der Waals surface area contributed by atoms with E-state index in [1.165, 1.54) is 0 Å². The summed E-state index contributed by atoms with van der Waals surface area (Å²) >= 11 is 1.88. The first-order valence-corrected chi connectivity index (χ1v) is 6.10. The van der Waals surface area contributed by atoms with Gasteiger partial charge in [0.1, 0.15) is 0 Å². The molecule has 0 radical (unpaired) electrons. The van der Waals surface area contributed by atoms with Gasteiger partial charge in [-0.1, -0.05) is 0 Å². The number of carbonyl (C=O) groups is 1. The Morgan fingerprint density at radius 2 is 2.57 bits per heavy atom. The van der Waals surface area contributed by atoms with E-state index < -0.39 is 6.10 Å². The maximum atomic E-state index is 11.3. The Kier molecular flexibility index (Phi) is 5.29. The monoisotopic (exact) mass is 218 g/mol. The Morgan fingerprint density at radius 3 is 3.14 bits per heavy atom. The number of aliphatic hydroxyl groups is 1. The van der Waals surface area contributed by atoms with Crippen molar-refractivity contribution in [1.82, 2.24) is 10.6 Å². The van der Waals surface area contributed by atoms with E-state index in [2.05, 4.69) is 10.6 Å². The highest BCUT2D eigenvalue weighted by molar-refractivity contribution is 7.99. The molecule has 1 aliphatic heterocycles. The molecule has 1 saturated heterocycles. The Labute approximate surface area is 88.8 Å². The van der Waals surface area contributed by atoms with Crippen molar-refractivity contribution in [2.45, 2.75) is 25.5 Å². The number of nitrogens with one attached hydrogen (secondary N) is 2. The average molecular weight is 218 g/mol. The van der Waals surface area contributed by atoms with Gasteiger partial charge in [-0.25, -0.2) is 0 Å². The van der Waals surface area contributed by atoms with Crippen LogP contribution in [-0.2, 0) is 4.79 Å². The van der Waals surface area contributed by atoms with Gasteiger partial charge < -0.3 is 15.7 Å². The van der Waals surface area contributed by atoms with Gasteiger partial charge in [0.05, 0.1) is 6.10 Å². The fraction of sp³-hybridized carbons (Fsp3) is 0.889. The smallest absolute Gasteiger partial charge is 0.221 e. The average Bonchev–Trinajstić information content (AvgIpc) is 2.16. The molecule has 14 heavy (non-hydrogen) atoms. The summed E-state index contributed by atoms with van der Waals surface area (Å²) in [5.41, 5.74) is 0. The third kappa shape index (κ3) is 4.83. The Balaban J connectivity index is 2.12. The molecule has 0 aromatic heterocycles. The zero-order chi connectivity index (χ0) is 10.4. The molecule has 0 saturated carbocycles. The highest BCUT2D eigenvalue weighted by Gasteiger charge is 2.16. The molecule has 1 unspecified atom stereocenters. The first-order valence-electron chi connectivity index (χ1n) is 4.94. The quantitative estimate of drug-likeness (QED) is 0.600. The van der Waals surface area contributed by atoms with Crippen molar-refractivity contribution >= 4 is 17.7 Å². The standard InChI is InChI=1S/C9H18N2O2S/c1-7(12)5-11-9(13)4-8-6-14-3-2-10-8/h7-8,10,12H,2-6H2,1H3,(H,11,13)/t7-,8?/m0/s1. The molecular weight excluding hydrogens is 200 g/mol. The van der Waals surface area contributed by atoms with Crippen LogP contribution in [-0.4, -0.2) is 47.8 Å². The topological polar surface area (TPSA) is 61.4 Å². The Hall–Kier alpha value is -0.260. The molecule has 1 fully saturated rings. The summed E-state index contributed by atoms with van der Waals surface area (Å²) in [5.74, 6) is 2.15. The fourth-order valence-electron chi connectivity index (χ4n) is 1.31. The van der Waals surface area contributed by atoms with Crippen LogP contribution in [0, 0.1) is 0 Å². The lowest BCUT2D eigenvalue weighted by atomic mass is 10.2. The zero-order valence-corrected chi connectivity index (χ0v) is 9.27. The highest BCUT2D eigenvalue weighted by atomic mass is 32.2. The van der Waals surface area contributed by atoms with Gasteiger partial charge in [0.15, 0.2) is 0 Å². The van der Waals surface area contributed by atoms with E-state index >= 15 is 0 Å². The minimum Gasteiger partial charge on any atom is -0.392 e. The number of amides is 1. The first-order chi connectivity index (χ1) is 6.68. The van der Waals surface area contributed by atoms with Gasteiger partial charge in [-0.15, -0.1) is 0 Å². The van der Waals surface area contributed by atoms with Gasteiger partial charge in [0.2, 0.25) is 5.91 Å². The zero-order valence-electron chi connectivity index (χ0n) is 8.45. The predicted octanol–water partition coefficient (Wildman–Crippen LogP) is -0.421. The van der Waals surface area contributed by atoms with Crippen molar-refractivity contribution in [3.05, 3.63) is 0 Å². The summed E-state index contributed by atoms with van der Waals surface area (Å²) in [6.45, 7) is 2.99. The van der Waals surface area contributed by atoms with E-state index in [4.69, 9.17) is 5.11 Å². The second-order valence-corrected chi connectivity index (χ2v) is 4.73. The van der Waals surface area contributed by atoms with Crippen LogP contribution in [0.5, 0.6) is 0 Å². The molecule has 0 aliphatic carbocycles. The largest absolute Gasteiger partial charge is 0.392 e. The number of hydrogen-bond acceptors (Lipinski definition) is 4. The Morgan fingerprint density at radius 1 is 1.79 bits per heavy atom. The van der Waals surface area contributed by atoms with Gasteiger partial charge in [0.25, 0.3) is 0 Å². The normalized spacial score (nSPS) is 24.3. The van der Waals surface area contributed by atoms with Crippen LogP contribution >= 0.6 is 11.8 Å². The van der Waals surface area contributed by atoms with Crippen molar-refractivity contribution in [3.63, 3.8) is 0 Å². The van der Waals surface area contributed by atoms with Gasteiger partial charge in [-0.2, -0.15) is 11.8 Å². The molecule has 5 heteroatoms. The number of aliphatic hydroxyl groups excluding tert-OH is 1. The number of hydrogen-bond donors (Lipinski definition) is 3. The molecule has 0 aromatic rings. The molecular formula is C9H18N2O2S. The lowest BCUT2D eigenvalue weighted by Gasteiger charge is -2.22. The third-order valence-corrected chi connectivity index (χ3v) is 3.16. The van der Waals surface area contributed by atoms with E-state index in [1.807, 2.05) is 11.8 Å². The van der Waals surface area contributed by atoms with Crippen LogP contribution in [0.15, 0.2) is 0 Å². The van der Waals surface area contributed by atoms with Gasteiger partial charge in [-0.3, -0.25) is 4.79 Å². The molecule has 82 valence electrons.